The summed E-state index contributed by atoms with van der Waals surface area (Å²) >= 11 is 0. The molecule has 0 aromatic heterocycles. The first-order valence-electron chi connectivity index (χ1n) is 6.75. The molecule has 2 rings (SSSR count). The van der Waals surface area contributed by atoms with Crippen LogP contribution in [-0.4, -0.2) is 19.8 Å². The maximum atomic E-state index is 12.1. The first-order chi connectivity index (χ1) is 8.90. The van der Waals surface area contributed by atoms with Gasteiger partial charge in [-0.1, -0.05) is 24.3 Å². The maximum absolute atomic E-state index is 12.1. The second-order valence-electron chi connectivity index (χ2n) is 5.42. The zero-order valence-corrected chi connectivity index (χ0v) is 12.5. The normalized spacial score (nSPS) is 20.5. The van der Waals surface area contributed by atoms with Gasteiger partial charge in [0.15, 0.2) is 0 Å². The summed E-state index contributed by atoms with van der Waals surface area (Å²) in [7, 11) is -3.31. The summed E-state index contributed by atoms with van der Waals surface area (Å²) in [4.78, 5) is 0. The quantitative estimate of drug-likeness (QED) is 0.867. The summed E-state index contributed by atoms with van der Waals surface area (Å²) in [5, 5.41) is 2.64. The molecule has 1 aliphatic rings. The number of rotatable bonds is 5. The highest BCUT2D eigenvalue weighted by Crippen LogP contribution is 2.31. The lowest BCUT2D eigenvalue weighted by Gasteiger charge is -2.22. The highest BCUT2D eigenvalue weighted by Gasteiger charge is 2.28. The van der Waals surface area contributed by atoms with Crippen LogP contribution in [0, 0.1) is 0 Å². The fourth-order valence-electron chi connectivity index (χ4n) is 2.53. The van der Waals surface area contributed by atoms with E-state index in [1.54, 1.807) is 6.92 Å². The van der Waals surface area contributed by atoms with Crippen LogP contribution in [0.1, 0.15) is 44.4 Å². The maximum Gasteiger partial charge on any atom is 0.227 e. The molecule has 2 N–H and O–H groups in total. The molecule has 19 heavy (non-hydrogen) atoms. The van der Waals surface area contributed by atoms with Crippen molar-refractivity contribution in [3.05, 3.63) is 35.4 Å². The van der Waals surface area contributed by atoms with Crippen molar-refractivity contribution in [2.75, 3.05) is 0 Å². The molecular weight excluding hydrogens is 260 g/mol. The van der Waals surface area contributed by atoms with Gasteiger partial charge in [-0.25, -0.2) is 13.1 Å². The van der Waals surface area contributed by atoms with Crippen molar-refractivity contribution in [2.24, 2.45) is 0 Å². The highest BCUT2D eigenvalue weighted by molar-refractivity contribution is 7.90. The van der Waals surface area contributed by atoms with E-state index in [1.807, 2.05) is 26.0 Å². The van der Waals surface area contributed by atoms with E-state index in [1.165, 1.54) is 11.1 Å². The number of nitrogens with one attached hydrogen (secondary N) is 2. The fraction of sp³-hybridized carbons (Fsp3) is 0.571. The molecule has 0 aliphatic heterocycles. The predicted molar refractivity (Wildman–Crippen MR) is 77.3 cm³/mol. The van der Waals surface area contributed by atoms with Gasteiger partial charge >= 0.3 is 0 Å². The molecule has 0 heterocycles. The molecule has 0 fully saturated rings. The second kappa shape index (κ2) is 5.61. The van der Waals surface area contributed by atoms with E-state index in [0.717, 1.165) is 12.8 Å². The lowest BCUT2D eigenvalue weighted by Crippen LogP contribution is -2.45. The largest absolute Gasteiger partial charge is 0.293 e. The van der Waals surface area contributed by atoms with Gasteiger partial charge < -0.3 is 0 Å². The van der Waals surface area contributed by atoms with E-state index < -0.39 is 15.4 Å². The summed E-state index contributed by atoms with van der Waals surface area (Å²) in [5.41, 5.74) is 2.55. The first-order valence-corrected chi connectivity index (χ1v) is 8.30. The van der Waals surface area contributed by atoms with Gasteiger partial charge in [0.25, 0.3) is 0 Å². The second-order valence-corrected chi connectivity index (χ2v) is 7.45. The minimum absolute atomic E-state index is 0.0786. The number of hydrogen-bond donors (Lipinski definition) is 2. The van der Waals surface area contributed by atoms with Crippen LogP contribution in [0.2, 0.25) is 0 Å². The zero-order chi connectivity index (χ0) is 14.0. The molecule has 0 amide bonds. The Morgan fingerprint density at radius 2 is 1.89 bits per heavy atom. The van der Waals surface area contributed by atoms with Crippen molar-refractivity contribution in [1.29, 1.82) is 0 Å². The lowest BCUT2D eigenvalue weighted by molar-refractivity contribution is 0.487. The minimum Gasteiger partial charge on any atom is -0.293 e. The molecule has 1 aromatic carbocycles. The Morgan fingerprint density at radius 1 is 1.21 bits per heavy atom. The van der Waals surface area contributed by atoms with Crippen LogP contribution in [0.25, 0.3) is 0 Å². The standard InChI is InChI=1S/C14H22N2O2S/c1-10(2)16-19(17,18)11(3)15-14-9-8-12-6-4-5-7-13(12)14/h4-7,10-11,14-16H,8-9H2,1-3H3. The Bertz CT molecular complexity index is 540. The summed E-state index contributed by atoms with van der Waals surface area (Å²) in [6.07, 6.45) is 1.97. The van der Waals surface area contributed by atoms with Crippen LogP contribution in [0.15, 0.2) is 24.3 Å². The SMILES string of the molecule is CC(C)NS(=O)(=O)C(C)NC1CCc2ccccc21. The average Bonchev–Trinajstić information content (AvgIpc) is 2.71. The van der Waals surface area contributed by atoms with E-state index in [4.69, 9.17) is 0 Å². The first kappa shape index (κ1) is 14.5. The molecule has 0 radical (unpaired) electrons. The fourth-order valence-corrected chi connectivity index (χ4v) is 3.74. The van der Waals surface area contributed by atoms with Gasteiger partial charge in [0.2, 0.25) is 10.0 Å². The van der Waals surface area contributed by atoms with E-state index in [2.05, 4.69) is 22.2 Å². The average molecular weight is 282 g/mol. The van der Waals surface area contributed by atoms with E-state index in [-0.39, 0.29) is 12.1 Å². The molecule has 0 bridgehead atoms. The molecule has 0 saturated heterocycles. The smallest absolute Gasteiger partial charge is 0.227 e. The van der Waals surface area contributed by atoms with Crippen molar-refractivity contribution in [3.8, 4) is 0 Å². The van der Waals surface area contributed by atoms with Gasteiger partial charge in [-0.15, -0.1) is 0 Å². The molecule has 2 unspecified atom stereocenters. The van der Waals surface area contributed by atoms with Crippen LogP contribution >= 0.6 is 0 Å². The predicted octanol–water partition coefficient (Wildman–Crippen LogP) is 1.94. The van der Waals surface area contributed by atoms with Crippen molar-refractivity contribution >= 4 is 10.0 Å². The molecule has 0 saturated carbocycles. The number of aryl methyl sites for hydroxylation is 1. The number of benzene rings is 1. The van der Waals surface area contributed by atoms with Gasteiger partial charge in [-0.3, -0.25) is 5.32 Å². The Kier molecular flexibility index (Phi) is 4.28. The van der Waals surface area contributed by atoms with Crippen molar-refractivity contribution in [2.45, 2.75) is 51.1 Å². The molecule has 1 aromatic rings. The van der Waals surface area contributed by atoms with Gasteiger partial charge in [0.1, 0.15) is 5.37 Å². The summed E-state index contributed by atoms with van der Waals surface area (Å²) in [6, 6.07) is 8.28. The van der Waals surface area contributed by atoms with Crippen molar-refractivity contribution < 1.29 is 8.42 Å². The summed E-state index contributed by atoms with van der Waals surface area (Å²) in [5.74, 6) is 0. The zero-order valence-electron chi connectivity index (χ0n) is 11.7. The summed E-state index contributed by atoms with van der Waals surface area (Å²) < 4.78 is 26.8. The molecule has 106 valence electrons. The number of hydrogen-bond acceptors (Lipinski definition) is 3. The van der Waals surface area contributed by atoms with Gasteiger partial charge in [0, 0.05) is 12.1 Å². The Balaban J connectivity index is 2.07. The molecule has 0 spiro atoms. The minimum atomic E-state index is -3.31. The van der Waals surface area contributed by atoms with Gasteiger partial charge in [-0.05, 0) is 44.7 Å². The van der Waals surface area contributed by atoms with E-state index in [0.29, 0.717) is 0 Å². The van der Waals surface area contributed by atoms with Crippen LogP contribution in [0.4, 0.5) is 0 Å². The van der Waals surface area contributed by atoms with Crippen LogP contribution in [0.3, 0.4) is 0 Å². The molecule has 5 heteroatoms. The van der Waals surface area contributed by atoms with E-state index >= 15 is 0 Å². The van der Waals surface area contributed by atoms with Crippen molar-refractivity contribution in [1.82, 2.24) is 10.0 Å². The van der Waals surface area contributed by atoms with Crippen LogP contribution < -0.4 is 10.0 Å². The Morgan fingerprint density at radius 3 is 2.58 bits per heavy atom. The molecule has 4 nitrogen and oxygen atoms in total. The Labute approximate surface area is 115 Å². The van der Waals surface area contributed by atoms with Gasteiger partial charge in [0.05, 0.1) is 0 Å². The lowest BCUT2D eigenvalue weighted by atomic mass is 10.1. The molecule has 2 atom stereocenters. The topological polar surface area (TPSA) is 58.2 Å². The van der Waals surface area contributed by atoms with Crippen molar-refractivity contribution in [3.63, 3.8) is 0 Å². The number of fused-ring (bicyclic) bond motifs is 1. The third kappa shape index (κ3) is 3.35. The highest BCUT2D eigenvalue weighted by atomic mass is 32.2. The van der Waals surface area contributed by atoms with Crippen LogP contribution in [0.5, 0.6) is 0 Å². The molecule has 1 aliphatic carbocycles. The van der Waals surface area contributed by atoms with E-state index in [9.17, 15) is 8.42 Å². The third-order valence-corrected chi connectivity index (χ3v) is 5.30. The third-order valence-electron chi connectivity index (χ3n) is 3.43. The van der Waals surface area contributed by atoms with Crippen LogP contribution in [-0.2, 0) is 16.4 Å². The monoisotopic (exact) mass is 282 g/mol. The Hall–Kier alpha value is -0.910. The van der Waals surface area contributed by atoms with Gasteiger partial charge in [-0.2, -0.15) is 0 Å². The number of sulfonamides is 1. The summed E-state index contributed by atoms with van der Waals surface area (Å²) in [6.45, 7) is 5.36. The molecular formula is C14H22N2O2S.